The Labute approximate surface area is 154 Å². The maximum atomic E-state index is 12.9. The zero-order valence-electron chi connectivity index (χ0n) is 15.5. The molecule has 0 fully saturated rings. The summed E-state index contributed by atoms with van der Waals surface area (Å²) in [5, 5.41) is 4.27. The number of para-hydroxylation sites is 1. The number of aromatic nitrogens is 2. The van der Waals surface area contributed by atoms with E-state index in [-0.39, 0.29) is 18.4 Å². The van der Waals surface area contributed by atoms with E-state index in [2.05, 4.69) is 5.10 Å². The van der Waals surface area contributed by atoms with Crippen LogP contribution < -0.4 is 4.90 Å². The van der Waals surface area contributed by atoms with Gasteiger partial charge in [-0.15, -0.1) is 0 Å². The van der Waals surface area contributed by atoms with Gasteiger partial charge >= 0.3 is 0 Å². The molecule has 2 aromatic rings. The number of fused-ring (bicyclic) bond motifs is 1. The summed E-state index contributed by atoms with van der Waals surface area (Å²) in [6.45, 7) is 5.99. The number of benzene rings is 1. The topological polar surface area (TPSA) is 58.4 Å². The molecule has 1 aliphatic heterocycles. The van der Waals surface area contributed by atoms with Crippen molar-refractivity contribution < 1.29 is 9.59 Å². The number of anilines is 1. The Morgan fingerprint density at radius 2 is 2.04 bits per heavy atom. The first kappa shape index (κ1) is 18.2. The first-order valence-electron chi connectivity index (χ1n) is 9.29. The minimum Gasteiger partial charge on any atom is -0.337 e. The molecular weight excluding hydrogens is 328 g/mol. The van der Waals surface area contributed by atoms with Gasteiger partial charge in [0.15, 0.2) is 0 Å². The number of amides is 2. The van der Waals surface area contributed by atoms with Gasteiger partial charge in [-0.05, 0) is 38.3 Å². The van der Waals surface area contributed by atoms with Crippen molar-refractivity contribution >= 4 is 17.5 Å². The second kappa shape index (κ2) is 8.17. The average molecular weight is 354 g/mol. The molecule has 0 saturated heterocycles. The molecule has 0 saturated carbocycles. The molecule has 26 heavy (non-hydrogen) atoms. The quantitative estimate of drug-likeness (QED) is 0.801. The van der Waals surface area contributed by atoms with Crippen molar-refractivity contribution in [2.24, 2.45) is 0 Å². The van der Waals surface area contributed by atoms with Crippen molar-refractivity contribution in [3.63, 3.8) is 0 Å². The number of rotatable bonds is 6. The van der Waals surface area contributed by atoms with Crippen LogP contribution in [0.2, 0.25) is 0 Å². The molecule has 1 aromatic heterocycles. The monoisotopic (exact) mass is 354 g/mol. The highest BCUT2D eigenvalue weighted by molar-refractivity contribution is 5.99. The van der Waals surface area contributed by atoms with Gasteiger partial charge in [-0.3, -0.25) is 14.3 Å². The molecule has 0 unspecified atom stereocenters. The molecular formula is C20H26N4O2. The van der Waals surface area contributed by atoms with Gasteiger partial charge in [0.1, 0.15) is 6.54 Å². The summed E-state index contributed by atoms with van der Waals surface area (Å²) in [5.74, 6) is -0.0139. The summed E-state index contributed by atoms with van der Waals surface area (Å²) >= 11 is 0. The molecule has 1 aromatic carbocycles. The maximum absolute atomic E-state index is 12.9. The minimum atomic E-state index is -0.0400. The molecule has 0 radical (unpaired) electrons. The maximum Gasteiger partial charge on any atom is 0.242 e. The molecule has 6 heteroatoms. The largest absolute Gasteiger partial charge is 0.337 e. The zero-order valence-corrected chi connectivity index (χ0v) is 15.5. The Morgan fingerprint density at radius 3 is 2.77 bits per heavy atom. The highest BCUT2D eigenvalue weighted by Gasteiger charge is 2.25. The van der Waals surface area contributed by atoms with E-state index in [4.69, 9.17) is 0 Å². The van der Waals surface area contributed by atoms with E-state index < -0.39 is 0 Å². The van der Waals surface area contributed by atoms with Crippen LogP contribution in [0.15, 0.2) is 36.7 Å². The van der Waals surface area contributed by atoms with Crippen LogP contribution in [0.5, 0.6) is 0 Å². The lowest BCUT2D eigenvalue weighted by atomic mass is 10.1. The summed E-state index contributed by atoms with van der Waals surface area (Å²) < 4.78 is 1.85. The van der Waals surface area contributed by atoms with Crippen LogP contribution in [0, 0.1) is 0 Å². The Hall–Kier alpha value is -2.63. The van der Waals surface area contributed by atoms with Gasteiger partial charge in [-0.2, -0.15) is 5.10 Å². The van der Waals surface area contributed by atoms with Crippen molar-refractivity contribution in [2.75, 3.05) is 18.0 Å². The number of aryl methyl sites for hydroxylation is 2. The van der Waals surface area contributed by atoms with Gasteiger partial charge in [-0.25, -0.2) is 0 Å². The lowest BCUT2D eigenvalue weighted by Gasteiger charge is -2.27. The SMILES string of the molecule is CCN(Cc1cnn(CC)c1)C(=O)CN1C(=O)CCCc2ccccc21. The molecule has 0 bridgehead atoms. The van der Waals surface area contributed by atoms with Crippen LogP contribution in [0.3, 0.4) is 0 Å². The van der Waals surface area contributed by atoms with Crippen molar-refractivity contribution in [3.8, 4) is 0 Å². The van der Waals surface area contributed by atoms with Crippen molar-refractivity contribution in [1.82, 2.24) is 14.7 Å². The van der Waals surface area contributed by atoms with Gasteiger partial charge < -0.3 is 9.80 Å². The number of likely N-dealkylation sites (N-methyl/N-ethyl adjacent to an activating group) is 1. The van der Waals surface area contributed by atoms with Gasteiger partial charge in [0.05, 0.1) is 6.20 Å². The summed E-state index contributed by atoms with van der Waals surface area (Å²) in [7, 11) is 0. The standard InChI is InChI=1S/C20H26N4O2/c1-3-22(13-16-12-21-23(4-2)14-16)20(26)15-24-18-10-6-5-8-17(18)9-7-11-19(24)25/h5-6,8,10,12,14H,3-4,7,9,11,13,15H2,1-2H3. The normalized spacial score (nSPS) is 14.1. The number of carbonyl (C=O) groups excluding carboxylic acids is 2. The molecule has 6 nitrogen and oxygen atoms in total. The Bertz CT molecular complexity index is 784. The third-order valence-electron chi connectivity index (χ3n) is 4.83. The first-order chi connectivity index (χ1) is 12.6. The highest BCUT2D eigenvalue weighted by atomic mass is 16.2. The molecule has 0 aliphatic carbocycles. The third kappa shape index (κ3) is 3.95. The van der Waals surface area contributed by atoms with E-state index in [1.54, 1.807) is 16.0 Å². The van der Waals surface area contributed by atoms with Gasteiger partial charge in [-0.1, -0.05) is 18.2 Å². The van der Waals surface area contributed by atoms with Crippen LogP contribution >= 0.6 is 0 Å². The second-order valence-corrected chi connectivity index (χ2v) is 6.57. The molecule has 1 aliphatic rings. The molecule has 0 spiro atoms. The third-order valence-corrected chi connectivity index (χ3v) is 4.83. The lowest BCUT2D eigenvalue weighted by molar-refractivity contribution is -0.131. The number of hydrogen-bond acceptors (Lipinski definition) is 3. The number of hydrogen-bond donors (Lipinski definition) is 0. The van der Waals surface area contributed by atoms with Crippen LogP contribution in [-0.2, 0) is 29.1 Å². The Morgan fingerprint density at radius 1 is 1.23 bits per heavy atom. The van der Waals surface area contributed by atoms with E-state index in [0.29, 0.717) is 19.5 Å². The number of carbonyl (C=O) groups is 2. The summed E-state index contributed by atoms with van der Waals surface area (Å²) in [6.07, 6.45) is 5.94. The van der Waals surface area contributed by atoms with Crippen molar-refractivity contribution in [3.05, 3.63) is 47.8 Å². The van der Waals surface area contributed by atoms with Crippen LogP contribution in [0.1, 0.15) is 37.8 Å². The Balaban J connectivity index is 1.75. The van der Waals surface area contributed by atoms with Crippen LogP contribution in [-0.4, -0.2) is 39.6 Å². The molecule has 138 valence electrons. The molecule has 0 N–H and O–H groups in total. The van der Waals surface area contributed by atoms with Gasteiger partial charge in [0, 0.05) is 43.5 Å². The van der Waals surface area contributed by atoms with Crippen molar-refractivity contribution in [2.45, 2.75) is 46.2 Å². The highest BCUT2D eigenvalue weighted by Crippen LogP contribution is 2.26. The number of nitrogens with zero attached hydrogens (tertiary/aromatic N) is 4. The van der Waals surface area contributed by atoms with E-state index in [9.17, 15) is 9.59 Å². The fourth-order valence-electron chi connectivity index (χ4n) is 3.35. The van der Waals surface area contributed by atoms with Crippen LogP contribution in [0.4, 0.5) is 5.69 Å². The predicted molar refractivity (Wildman–Crippen MR) is 101 cm³/mol. The molecule has 3 rings (SSSR count). The fourth-order valence-corrected chi connectivity index (χ4v) is 3.35. The summed E-state index contributed by atoms with van der Waals surface area (Å²) in [5.41, 5.74) is 3.02. The second-order valence-electron chi connectivity index (χ2n) is 6.57. The van der Waals surface area contributed by atoms with Crippen LogP contribution in [0.25, 0.3) is 0 Å². The molecule has 0 atom stereocenters. The average Bonchev–Trinajstić information content (AvgIpc) is 3.06. The molecule has 2 amide bonds. The lowest BCUT2D eigenvalue weighted by Crippen LogP contribution is -2.42. The fraction of sp³-hybridized carbons (Fsp3) is 0.450. The van der Waals surface area contributed by atoms with E-state index in [0.717, 1.165) is 36.2 Å². The minimum absolute atomic E-state index is 0.0261. The smallest absolute Gasteiger partial charge is 0.242 e. The summed E-state index contributed by atoms with van der Waals surface area (Å²) in [4.78, 5) is 28.9. The van der Waals surface area contributed by atoms with E-state index >= 15 is 0 Å². The molecule has 2 heterocycles. The van der Waals surface area contributed by atoms with Gasteiger partial charge in [0.2, 0.25) is 11.8 Å². The zero-order chi connectivity index (χ0) is 18.5. The predicted octanol–water partition coefficient (Wildman–Crippen LogP) is 2.62. The van der Waals surface area contributed by atoms with Gasteiger partial charge in [0.25, 0.3) is 0 Å². The first-order valence-corrected chi connectivity index (χ1v) is 9.29. The Kier molecular flexibility index (Phi) is 5.71. The van der Waals surface area contributed by atoms with E-state index in [1.165, 1.54) is 0 Å². The summed E-state index contributed by atoms with van der Waals surface area (Å²) in [6, 6.07) is 7.89. The van der Waals surface area contributed by atoms with E-state index in [1.807, 2.05) is 49.0 Å². The van der Waals surface area contributed by atoms with Crippen molar-refractivity contribution in [1.29, 1.82) is 0 Å².